The van der Waals surface area contributed by atoms with Crippen LogP contribution in [0.4, 0.5) is 5.69 Å². The van der Waals surface area contributed by atoms with Crippen molar-refractivity contribution in [2.45, 2.75) is 51.9 Å². The summed E-state index contributed by atoms with van der Waals surface area (Å²) in [4.78, 5) is 14.4. The van der Waals surface area contributed by atoms with Gasteiger partial charge in [-0.3, -0.25) is 4.79 Å². The highest BCUT2D eigenvalue weighted by Gasteiger charge is 2.64. The number of carbonyl (C=O) groups is 1. The largest absolute Gasteiger partial charge is 0.497 e. The maximum atomic E-state index is 12.5. The van der Waals surface area contributed by atoms with Gasteiger partial charge in [0.2, 0.25) is 5.91 Å². The summed E-state index contributed by atoms with van der Waals surface area (Å²) in [6.45, 7) is 6.20. The number of methoxy groups -OCH3 is 1. The van der Waals surface area contributed by atoms with Crippen molar-refractivity contribution in [2.24, 2.45) is 5.41 Å². The van der Waals surface area contributed by atoms with Crippen LogP contribution < -0.4 is 9.64 Å². The lowest BCUT2D eigenvalue weighted by Gasteiger charge is -2.52. The Labute approximate surface area is 126 Å². The molecule has 0 bridgehead atoms. The van der Waals surface area contributed by atoms with Gasteiger partial charge in [0.25, 0.3) is 0 Å². The molecule has 4 heteroatoms. The van der Waals surface area contributed by atoms with Crippen LogP contribution in [-0.2, 0) is 9.53 Å². The van der Waals surface area contributed by atoms with E-state index in [2.05, 4.69) is 6.92 Å². The molecule has 2 aliphatic rings. The number of anilines is 1. The lowest BCUT2D eigenvalue weighted by molar-refractivity contribution is -0.137. The van der Waals surface area contributed by atoms with E-state index in [1.165, 1.54) is 0 Å². The predicted molar refractivity (Wildman–Crippen MR) is 81.6 cm³/mol. The standard InChI is InChI=1S/C17H23NO3/c1-5-6-13-14(21-13)15-17(2,3)16(19)18(15)11-7-9-12(20-4)10-8-11/h7-10,13-15H,5-6H2,1-4H3/t13-,14+,15-/m0/s1. The lowest BCUT2D eigenvalue weighted by Crippen LogP contribution is -2.69. The number of β-lactam (4-membered cyclic amide) rings is 1. The van der Waals surface area contributed by atoms with Gasteiger partial charge in [-0.15, -0.1) is 0 Å². The van der Waals surface area contributed by atoms with Gasteiger partial charge in [0.15, 0.2) is 0 Å². The zero-order valence-electron chi connectivity index (χ0n) is 13.1. The van der Waals surface area contributed by atoms with Gasteiger partial charge in [0, 0.05) is 5.69 Å². The molecule has 0 saturated carbocycles. The maximum absolute atomic E-state index is 12.5. The Bertz CT molecular complexity index is 537. The third kappa shape index (κ3) is 2.22. The molecule has 2 aliphatic heterocycles. The minimum Gasteiger partial charge on any atom is -0.497 e. The van der Waals surface area contributed by atoms with Crippen LogP contribution in [0.2, 0.25) is 0 Å². The number of nitrogens with zero attached hydrogens (tertiary/aromatic N) is 1. The van der Waals surface area contributed by atoms with Crippen LogP contribution in [0.15, 0.2) is 24.3 Å². The Hall–Kier alpha value is -1.55. The number of carbonyl (C=O) groups excluding carboxylic acids is 1. The van der Waals surface area contributed by atoms with Crippen LogP contribution >= 0.6 is 0 Å². The molecule has 21 heavy (non-hydrogen) atoms. The summed E-state index contributed by atoms with van der Waals surface area (Å²) in [5.41, 5.74) is 0.587. The number of amides is 1. The predicted octanol–water partition coefficient (Wildman–Crippen LogP) is 3.00. The molecule has 1 amide bonds. The molecular weight excluding hydrogens is 266 g/mol. The van der Waals surface area contributed by atoms with Crippen molar-refractivity contribution in [1.29, 1.82) is 0 Å². The fourth-order valence-electron chi connectivity index (χ4n) is 3.35. The summed E-state index contributed by atoms with van der Waals surface area (Å²) < 4.78 is 11.0. The van der Waals surface area contributed by atoms with Crippen molar-refractivity contribution in [2.75, 3.05) is 12.0 Å². The number of ether oxygens (including phenoxy) is 2. The summed E-state index contributed by atoms with van der Waals surface area (Å²) >= 11 is 0. The first-order valence-corrected chi connectivity index (χ1v) is 7.64. The minimum absolute atomic E-state index is 0.134. The molecular formula is C17H23NO3. The van der Waals surface area contributed by atoms with E-state index in [-0.39, 0.29) is 23.5 Å². The molecule has 2 saturated heterocycles. The minimum atomic E-state index is -0.340. The highest BCUT2D eigenvalue weighted by Crippen LogP contribution is 2.49. The topological polar surface area (TPSA) is 42.1 Å². The molecule has 0 aliphatic carbocycles. The third-order valence-corrected chi connectivity index (χ3v) is 4.64. The SMILES string of the molecule is CCC[C@@H]1O[C@H]1[C@@H]1N(c2ccc(OC)cc2)C(=O)C1(C)C. The Morgan fingerprint density at radius 1 is 1.29 bits per heavy atom. The van der Waals surface area contributed by atoms with Gasteiger partial charge in [-0.25, -0.2) is 0 Å². The fourth-order valence-corrected chi connectivity index (χ4v) is 3.35. The maximum Gasteiger partial charge on any atom is 0.235 e. The van der Waals surface area contributed by atoms with Gasteiger partial charge in [0.05, 0.1) is 24.7 Å². The first-order chi connectivity index (χ1) is 10.0. The van der Waals surface area contributed by atoms with Crippen LogP contribution in [-0.4, -0.2) is 31.3 Å². The average Bonchev–Trinajstić information content (AvgIpc) is 3.22. The van der Waals surface area contributed by atoms with Crippen LogP contribution in [0.1, 0.15) is 33.6 Å². The molecule has 1 aromatic carbocycles. The highest BCUT2D eigenvalue weighted by molar-refractivity contribution is 6.05. The highest BCUT2D eigenvalue weighted by atomic mass is 16.6. The van der Waals surface area contributed by atoms with Gasteiger partial charge in [-0.05, 0) is 44.5 Å². The molecule has 0 unspecified atom stereocenters. The van der Waals surface area contributed by atoms with Crippen LogP contribution in [0.5, 0.6) is 5.75 Å². The second kappa shape index (κ2) is 5.02. The van der Waals surface area contributed by atoms with E-state index in [0.717, 1.165) is 24.3 Å². The molecule has 1 aromatic rings. The molecule has 0 spiro atoms. The number of rotatable bonds is 5. The summed E-state index contributed by atoms with van der Waals surface area (Å²) in [5.74, 6) is 0.970. The van der Waals surface area contributed by atoms with Gasteiger partial charge >= 0.3 is 0 Å². The van der Waals surface area contributed by atoms with Gasteiger partial charge in [-0.2, -0.15) is 0 Å². The molecule has 4 nitrogen and oxygen atoms in total. The van der Waals surface area contributed by atoms with E-state index in [0.29, 0.717) is 6.10 Å². The van der Waals surface area contributed by atoms with Crippen molar-refractivity contribution in [1.82, 2.24) is 0 Å². The molecule has 3 rings (SSSR count). The van der Waals surface area contributed by atoms with Crippen molar-refractivity contribution in [3.63, 3.8) is 0 Å². The Kier molecular flexibility index (Phi) is 3.44. The molecule has 114 valence electrons. The molecule has 2 heterocycles. The van der Waals surface area contributed by atoms with Gasteiger partial charge < -0.3 is 14.4 Å². The Balaban J connectivity index is 1.81. The van der Waals surface area contributed by atoms with Gasteiger partial charge in [0.1, 0.15) is 11.9 Å². The second-order valence-electron chi connectivity index (χ2n) is 6.47. The van der Waals surface area contributed by atoms with Gasteiger partial charge in [-0.1, -0.05) is 13.3 Å². The summed E-state index contributed by atoms with van der Waals surface area (Å²) in [6, 6.07) is 7.80. The number of benzene rings is 1. The Morgan fingerprint density at radius 3 is 2.52 bits per heavy atom. The van der Waals surface area contributed by atoms with E-state index in [4.69, 9.17) is 9.47 Å². The van der Waals surface area contributed by atoms with E-state index in [9.17, 15) is 4.79 Å². The van der Waals surface area contributed by atoms with Crippen LogP contribution in [0.3, 0.4) is 0 Å². The normalized spacial score (nSPS) is 30.0. The molecule has 0 radical (unpaired) electrons. The molecule has 2 fully saturated rings. The van der Waals surface area contributed by atoms with Crippen LogP contribution in [0, 0.1) is 5.41 Å². The number of hydrogen-bond acceptors (Lipinski definition) is 3. The Morgan fingerprint density at radius 2 is 1.95 bits per heavy atom. The van der Waals surface area contributed by atoms with Crippen molar-refractivity contribution < 1.29 is 14.3 Å². The second-order valence-corrected chi connectivity index (χ2v) is 6.47. The fraction of sp³-hybridized carbons (Fsp3) is 0.588. The zero-order valence-corrected chi connectivity index (χ0v) is 13.1. The third-order valence-electron chi connectivity index (χ3n) is 4.64. The number of hydrogen-bond donors (Lipinski definition) is 0. The molecule has 0 N–H and O–H groups in total. The first-order valence-electron chi connectivity index (χ1n) is 7.64. The van der Waals surface area contributed by atoms with Crippen molar-refractivity contribution in [3.05, 3.63) is 24.3 Å². The summed E-state index contributed by atoms with van der Waals surface area (Å²) in [7, 11) is 1.64. The summed E-state index contributed by atoms with van der Waals surface area (Å²) in [6.07, 6.45) is 2.68. The first kappa shape index (κ1) is 14.4. The monoisotopic (exact) mass is 289 g/mol. The average molecular weight is 289 g/mol. The quantitative estimate of drug-likeness (QED) is 0.618. The van der Waals surface area contributed by atoms with E-state index in [1.54, 1.807) is 7.11 Å². The van der Waals surface area contributed by atoms with Crippen molar-refractivity contribution >= 4 is 11.6 Å². The van der Waals surface area contributed by atoms with Crippen molar-refractivity contribution in [3.8, 4) is 5.75 Å². The summed E-state index contributed by atoms with van der Waals surface area (Å²) in [5, 5.41) is 0. The van der Waals surface area contributed by atoms with E-state index >= 15 is 0 Å². The smallest absolute Gasteiger partial charge is 0.235 e. The van der Waals surface area contributed by atoms with Crippen LogP contribution in [0.25, 0.3) is 0 Å². The van der Waals surface area contributed by atoms with E-state index < -0.39 is 0 Å². The van der Waals surface area contributed by atoms with E-state index in [1.807, 2.05) is 43.0 Å². The molecule has 3 atom stereocenters. The lowest BCUT2D eigenvalue weighted by atomic mass is 9.71. The molecule has 0 aromatic heterocycles. The zero-order chi connectivity index (χ0) is 15.2. The number of epoxide rings is 1.